The van der Waals surface area contributed by atoms with Crippen molar-refractivity contribution in [2.45, 2.75) is 0 Å². The first-order valence-electron chi connectivity index (χ1n) is 17.2. The molecule has 0 fully saturated rings. The zero-order chi connectivity index (χ0) is 35.0. The molecule has 1 aliphatic rings. The van der Waals surface area contributed by atoms with Crippen LogP contribution in [0.4, 0.5) is 0 Å². The van der Waals surface area contributed by atoms with Crippen molar-refractivity contribution in [2.24, 2.45) is 0 Å². The van der Waals surface area contributed by atoms with E-state index in [1.807, 2.05) is 60.7 Å². The van der Waals surface area contributed by atoms with Gasteiger partial charge in [0.15, 0.2) is 0 Å². The molecule has 8 aromatic rings. The molecule has 8 bridgehead atoms. The molecule has 0 radical (unpaired) electrons. The molecular weight excluding hydrogens is 641 g/mol. The van der Waals surface area contributed by atoms with E-state index in [2.05, 4.69) is 117 Å². The van der Waals surface area contributed by atoms with Crippen LogP contribution in [-0.4, -0.2) is 32.5 Å². The molecule has 9 rings (SSSR count). The SMILES string of the molecule is O=Cc1ccc(C2=c3ccc([nH]3)=C(c3ccccc3)c3ccc([nH]3)C(c3ccc(C=O)cc3)=c3ccc([nH]3)=C(c3ccccc3)c3ccc2[nH]3)cc1. The first kappa shape index (κ1) is 30.8. The largest absolute Gasteiger partial charge is 0.354 e. The number of hydrogen-bond acceptors (Lipinski definition) is 2. The molecule has 0 aliphatic carbocycles. The summed E-state index contributed by atoms with van der Waals surface area (Å²) in [5.74, 6) is 0. The van der Waals surface area contributed by atoms with E-state index in [0.29, 0.717) is 11.1 Å². The maximum atomic E-state index is 11.6. The Bertz CT molecular complexity index is 2650. The Morgan fingerprint density at radius 1 is 0.288 bits per heavy atom. The van der Waals surface area contributed by atoms with Crippen LogP contribution in [0.25, 0.3) is 22.3 Å². The van der Waals surface area contributed by atoms with Gasteiger partial charge in [-0.15, -0.1) is 0 Å². The molecule has 4 N–H and O–H groups in total. The number of fused-ring (bicyclic) bond motifs is 8. The number of benzene rings is 4. The number of H-pyrrole nitrogens is 4. The number of aldehydes is 2. The van der Waals surface area contributed by atoms with Crippen molar-refractivity contribution < 1.29 is 9.59 Å². The first-order chi connectivity index (χ1) is 25.7. The number of rotatable bonds is 6. The Hall–Kier alpha value is -7.18. The molecule has 6 nitrogen and oxygen atoms in total. The van der Waals surface area contributed by atoms with Gasteiger partial charge in [0.05, 0.1) is 0 Å². The highest BCUT2D eigenvalue weighted by Gasteiger charge is 2.18. The van der Waals surface area contributed by atoms with Crippen molar-refractivity contribution >= 4 is 34.9 Å². The molecule has 5 heterocycles. The van der Waals surface area contributed by atoms with E-state index < -0.39 is 0 Å². The summed E-state index contributed by atoms with van der Waals surface area (Å²) in [6.45, 7) is 0. The summed E-state index contributed by atoms with van der Waals surface area (Å²) in [7, 11) is 0. The topological polar surface area (TPSA) is 97.3 Å². The van der Waals surface area contributed by atoms with Crippen LogP contribution < -0.4 is 21.4 Å². The van der Waals surface area contributed by atoms with Crippen molar-refractivity contribution in [2.75, 3.05) is 0 Å². The molecule has 0 saturated carbocycles. The molecule has 248 valence electrons. The normalized spacial score (nSPS) is 12.6. The highest BCUT2D eigenvalue weighted by atomic mass is 16.1. The third-order valence-corrected chi connectivity index (χ3v) is 9.69. The maximum absolute atomic E-state index is 11.6. The van der Waals surface area contributed by atoms with Crippen LogP contribution in [0.1, 0.15) is 65.7 Å². The van der Waals surface area contributed by atoms with Gasteiger partial charge in [-0.05, 0) is 70.8 Å². The number of aromatic amines is 4. The Morgan fingerprint density at radius 3 is 0.865 bits per heavy atom. The lowest BCUT2D eigenvalue weighted by Gasteiger charge is -2.10. The van der Waals surface area contributed by atoms with E-state index >= 15 is 0 Å². The monoisotopic (exact) mass is 672 g/mol. The second kappa shape index (κ2) is 12.9. The third kappa shape index (κ3) is 5.49. The van der Waals surface area contributed by atoms with E-state index in [1.54, 1.807) is 0 Å². The van der Waals surface area contributed by atoms with Crippen LogP contribution >= 0.6 is 0 Å². The van der Waals surface area contributed by atoms with Gasteiger partial charge in [-0.3, -0.25) is 9.59 Å². The number of carbonyl (C=O) groups is 2. The quantitative estimate of drug-likeness (QED) is 0.165. The highest BCUT2D eigenvalue weighted by Crippen LogP contribution is 2.28. The predicted molar refractivity (Wildman–Crippen MR) is 205 cm³/mol. The molecule has 0 spiro atoms. The fraction of sp³-hybridized carbons (Fsp3) is 0. The van der Waals surface area contributed by atoms with Gasteiger partial charge in [-0.25, -0.2) is 0 Å². The minimum atomic E-state index is 0.622. The van der Waals surface area contributed by atoms with Crippen molar-refractivity contribution in [3.63, 3.8) is 0 Å². The summed E-state index contributed by atoms with van der Waals surface area (Å²) in [6.07, 6.45) is 1.74. The van der Waals surface area contributed by atoms with Crippen LogP contribution in [-0.2, 0) is 0 Å². The fourth-order valence-corrected chi connectivity index (χ4v) is 7.24. The minimum absolute atomic E-state index is 0.622. The lowest BCUT2D eigenvalue weighted by atomic mass is 10.0. The number of nitrogens with one attached hydrogen (secondary N) is 4. The van der Waals surface area contributed by atoms with Gasteiger partial charge in [0.1, 0.15) is 12.6 Å². The summed E-state index contributed by atoms with van der Waals surface area (Å²) >= 11 is 0. The van der Waals surface area contributed by atoms with Crippen LogP contribution in [0, 0.1) is 0 Å². The van der Waals surface area contributed by atoms with E-state index in [-0.39, 0.29) is 0 Å². The third-order valence-electron chi connectivity index (χ3n) is 9.69. The standard InChI is InChI=1S/C46H32N4O2/c51-27-29-11-15-33(16-12-29)45-39-23-19-35(47-39)43(31-7-3-1-4-8-31)36-20-24-40(48-36)46(34-17-13-30(28-52)14-18-34)42-26-22-38(50-42)44(32-9-5-2-6-10-32)37-21-25-41(45)49-37/h1-28,47-50H. The van der Waals surface area contributed by atoms with Gasteiger partial charge in [-0.1, -0.05) is 109 Å². The van der Waals surface area contributed by atoms with E-state index in [0.717, 1.165) is 101 Å². The summed E-state index contributed by atoms with van der Waals surface area (Å²) in [6, 6.07) is 53.1. The summed E-state index contributed by atoms with van der Waals surface area (Å²) in [4.78, 5) is 38.3. The Labute approximate surface area is 298 Å². The average molecular weight is 673 g/mol. The molecule has 1 aliphatic heterocycles. The number of carbonyl (C=O) groups excluding carboxylic acids is 2. The Balaban J connectivity index is 1.42. The van der Waals surface area contributed by atoms with Crippen LogP contribution in [0.3, 0.4) is 0 Å². The molecule has 6 heteroatoms. The van der Waals surface area contributed by atoms with Crippen molar-refractivity contribution in [3.05, 3.63) is 235 Å². The summed E-state index contributed by atoms with van der Waals surface area (Å²) in [5, 5.41) is 3.76. The van der Waals surface area contributed by atoms with Gasteiger partial charge in [0, 0.05) is 77.6 Å². The van der Waals surface area contributed by atoms with Crippen molar-refractivity contribution in [3.8, 4) is 0 Å². The number of hydrogen-bond donors (Lipinski definition) is 4. The molecule has 4 aromatic heterocycles. The molecule has 0 unspecified atom stereocenters. The number of aromatic nitrogens is 4. The smallest absolute Gasteiger partial charge is 0.150 e. The molecule has 4 aromatic carbocycles. The van der Waals surface area contributed by atoms with Gasteiger partial charge in [0.25, 0.3) is 0 Å². The second-order valence-corrected chi connectivity index (χ2v) is 12.9. The van der Waals surface area contributed by atoms with Crippen LogP contribution in [0.15, 0.2) is 158 Å². The molecule has 52 heavy (non-hydrogen) atoms. The van der Waals surface area contributed by atoms with Gasteiger partial charge >= 0.3 is 0 Å². The first-order valence-corrected chi connectivity index (χ1v) is 17.2. The lowest BCUT2D eigenvalue weighted by Crippen LogP contribution is -2.19. The minimum Gasteiger partial charge on any atom is -0.354 e. The lowest BCUT2D eigenvalue weighted by molar-refractivity contribution is 0.111. The zero-order valence-corrected chi connectivity index (χ0v) is 28.0. The Morgan fingerprint density at radius 2 is 0.577 bits per heavy atom. The van der Waals surface area contributed by atoms with Gasteiger partial charge in [-0.2, -0.15) is 0 Å². The van der Waals surface area contributed by atoms with Crippen LogP contribution in [0.2, 0.25) is 0 Å². The van der Waals surface area contributed by atoms with E-state index in [4.69, 9.17) is 0 Å². The molecular formula is C46H32N4O2. The zero-order valence-electron chi connectivity index (χ0n) is 28.0. The van der Waals surface area contributed by atoms with Crippen molar-refractivity contribution in [1.82, 2.24) is 19.9 Å². The van der Waals surface area contributed by atoms with Gasteiger partial charge < -0.3 is 19.9 Å². The summed E-state index contributed by atoms with van der Waals surface area (Å²) < 4.78 is 0. The molecule has 0 amide bonds. The van der Waals surface area contributed by atoms with E-state index in [9.17, 15) is 9.59 Å². The highest BCUT2D eigenvalue weighted by molar-refractivity contribution is 5.86. The van der Waals surface area contributed by atoms with Crippen LogP contribution in [0.5, 0.6) is 0 Å². The van der Waals surface area contributed by atoms with E-state index in [1.165, 1.54) is 0 Å². The second-order valence-electron chi connectivity index (χ2n) is 12.9. The predicted octanol–water partition coefficient (Wildman–Crippen LogP) is 5.93. The average Bonchev–Trinajstić information content (AvgIpc) is 4.04. The Kier molecular flexibility index (Phi) is 7.67. The molecule has 0 atom stereocenters. The summed E-state index contributed by atoms with van der Waals surface area (Å²) in [5.41, 5.74) is 13.1. The van der Waals surface area contributed by atoms with Crippen molar-refractivity contribution in [1.29, 1.82) is 0 Å². The molecule has 0 saturated heterocycles. The fourth-order valence-electron chi connectivity index (χ4n) is 7.24. The van der Waals surface area contributed by atoms with Gasteiger partial charge in [0.2, 0.25) is 0 Å². The maximum Gasteiger partial charge on any atom is 0.150 e.